The monoisotopic (exact) mass is 465 g/mol. The second-order valence-electron chi connectivity index (χ2n) is 9.46. The number of carbonyl (C=O) groups is 2. The number of rotatable bonds is 6. The van der Waals surface area contributed by atoms with Gasteiger partial charge in [0.25, 0.3) is 5.91 Å². The van der Waals surface area contributed by atoms with Crippen molar-refractivity contribution in [1.82, 2.24) is 10.3 Å². The van der Waals surface area contributed by atoms with Crippen LogP contribution in [0, 0.1) is 0 Å². The third kappa shape index (κ3) is 4.93. The third-order valence-corrected chi connectivity index (χ3v) is 7.06. The molecule has 1 saturated carbocycles. The van der Waals surface area contributed by atoms with Crippen molar-refractivity contribution in [3.8, 4) is 5.75 Å². The van der Waals surface area contributed by atoms with E-state index in [1.807, 2.05) is 12.1 Å². The summed E-state index contributed by atoms with van der Waals surface area (Å²) in [5.41, 5.74) is 2.11. The van der Waals surface area contributed by atoms with Gasteiger partial charge in [0.15, 0.2) is 0 Å². The summed E-state index contributed by atoms with van der Waals surface area (Å²) in [5, 5.41) is 16.0. The van der Waals surface area contributed by atoms with E-state index in [2.05, 4.69) is 15.6 Å². The summed E-state index contributed by atoms with van der Waals surface area (Å²) in [6.07, 6.45) is 8.54. The molecule has 2 fully saturated rings. The van der Waals surface area contributed by atoms with Gasteiger partial charge in [-0.2, -0.15) is 0 Å². The lowest BCUT2D eigenvalue weighted by Crippen LogP contribution is -2.48. The number of anilines is 1. The Morgan fingerprint density at radius 1 is 1.15 bits per heavy atom. The first-order chi connectivity index (χ1) is 16.6. The zero-order chi connectivity index (χ0) is 23.5. The van der Waals surface area contributed by atoms with E-state index in [4.69, 9.17) is 9.47 Å². The molecule has 0 bridgehead atoms. The topological polar surface area (TPSA) is 110 Å². The molecule has 1 aromatic heterocycles. The van der Waals surface area contributed by atoms with E-state index in [9.17, 15) is 14.7 Å². The number of aliphatic hydroxyl groups excluding tert-OH is 1. The van der Waals surface area contributed by atoms with Crippen LogP contribution in [0.1, 0.15) is 66.8 Å². The number of nitrogens with zero attached hydrogens (tertiary/aromatic N) is 1. The molecule has 8 heteroatoms. The zero-order valence-electron chi connectivity index (χ0n) is 19.1. The van der Waals surface area contributed by atoms with Gasteiger partial charge in [0.05, 0.1) is 24.7 Å². The number of pyridine rings is 1. The predicted octanol–water partition coefficient (Wildman–Crippen LogP) is 3.17. The highest BCUT2D eigenvalue weighted by Crippen LogP contribution is 2.47. The molecule has 3 N–H and O–H groups in total. The number of nitrogens with one attached hydrogen (secondary N) is 2. The van der Waals surface area contributed by atoms with Gasteiger partial charge in [-0.25, -0.2) is 0 Å². The molecule has 2 aromatic rings. The molecule has 8 nitrogen and oxygen atoms in total. The van der Waals surface area contributed by atoms with Crippen LogP contribution in [0.2, 0.25) is 0 Å². The Bertz CT molecular complexity index is 1020. The molecule has 180 valence electrons. The fourth-order valence-electron chi connectivity index (χ4n) is 5.41. The van der Waals surface area contributed by atoms with E-state index >= 15 is 0 Å². The van der Waals surface area contributed by atoms with Crippen molar-refractivity contribution in [1.29, 1.82) is 0 Å². The smallest absolute Gasteiger partial charge is 0.257 e. The lowest BCUT2D eigenvalue weighted by atomic mass is 9.84. The molecule has 3 aliphatic rings. The van der Waals surface area contributed by atoms with Crippen molar-refractivity contribution in [3.05, 3.63) is 53.9 Å². The summed E-state index contributed by atoms with van der Waals surface area (Å²) in [6.45, 7) is -0.180. The quantitative estimate of drug-likeness (QED) is 0.605. The van der Waals surface area contributed by atoms with Gasteiger partial charge in [0.1, 0.15) is 18.0 Å². The largest absolute Gasteiger partial charge is 0.487 e. The summed E-state index contributed by atoms with van der Waals surface area (Å²) >= 11 is 0. The maximum Gasteiger partial charge on any atom is 0.257 e. The van der Waals surface area contributed by atoms with Crippen LogP contribution in [0.3, 0.4) is 0 Å². The van der Waals surface area contributed by atoms with Gasteiger partial charge in [-0.05, 0) is 49.6 Å². The van der Waals surface area contributed by atoms with Crippen LogP contribution in [0.25, 0.3) is 0 Å². The molecule has 1 saturated heterocycles. The van der Waals surface area contributed by atoms with Crippen LogP contribution < -0.4 is 15.4 Å². The standard InChI is InChI=1S/C26H31N3O5/c30-15-23-25-21(12-19(33-23)13-24(31)28-17-6-2-1-3-7-17)20-11-18(8-9-22(20)34-25)29-26(32)16-5-4-10-27-14-16/h4-5,8-11,14,17,19,21,23,25,30H,1-3,6-7,12-13,15H2,(H,28,31)(H,29,32)/t19-,21-,23-,25+/m0/s1. The average Bonchev–Trinajstić information content (AvgIpc) is 3.22. The van der Waals surface area contributed by atoms with Crippen molar-refractivity contribution in [2.75, 3.05) is 11.9 Å². The van der Waals surface area contributed by atoms with Gasteiger partial charge in [0.2, 0.25) is 5.91 Å². The molecule has 2 aliphatic heterocycles. The minimum Gasteiger partial charge on any atom is -0.487 e. The molecule has 4 atom stereocenters. The van der Waals surface area contributed by atoms with E-state index in [1.165, 1.54) is 12.6 Å². The van der Waals surface area contributed by atoms with Crippen molar-refractivity contribution >= 4 is 17.5 Å². The van der Waals surface area contributed by atoms with E-state index in [0.717, 1.165) is 37.0 Å². The molecule has 0 spiro atoms. The highest BCUT2D eigenvalue weighted by Gasteiger charge is 2.46. The first kappa shape index (κ1) is 22.8. The second-order valence-corrected chi connectivity index (χ2v) is 9.46. The van der Waals surface area contributed by atoms with Crippen molar-refractivity contribution in [3.63, 3.8) is 0 Å². The number of hydrogen-bond donors (Lipinski definition) is 3. The Kier molecular flexibility index (Phi) is 6.78. The van der Waals surface area contributed by atoms with E-state index in [1.54, 1.807) is 24.4 Å². The normalized spacial score (nSPS) is 26.1. The van der Waals surface area contributed by atoms with Crippen LogP contribution >= 0.6 is 0 Å². The van der Waals surface area contributed by atoms with E-state index in [-0.39, 0.29) is 49.0 Å². The first-order valence-corrected chi connectivity index (χ1v) is 12.2. The number of benzene rings is 1. The Morgan fingerprint density at radius 2 is 2.00 bits per heavy atom. The number of aliphatic hydroxyl groups is 1. The maximum atomic E-state index is 12.7. The molecule has 2 amide bonds. The van der Waals surface area contributed by atoms with Crippen molar-refractivity contribution < 1.29 is 24.2 Å². The van der Waals surface area contributed by atoms with Gasteiger partial charge in [-0.3, -0.25) is 14.6 Å². The van der Waals surface area contributed by atoms with Crippen molar-refractivity contribution in [2.24, 2.45) is 0 Å². The van der Waals surface area contributed by atoms with Crippen LogP contribution in [0.5, 0.6) is 5.75 Å². The van der Waals surface area contributed by atoms with Gasteiger partial charge in [0, 0.05) is 35.6 Å². The number of hydrogen-bond acceptors (Lipinski definition) is 6. The van der Waals surface area contributed by atoms with Gasteiger partial charge in [-0.1, -0.05) is 19.3 Å². The third-order valence-electron chi connectivity index (χ3n) is 7.06. The molecular formula is C26H31N3O5. The summed E-state index contributed by atoms with van der Waals surface area (Å²) in [6, 6.07) is 9.25. The molecular weight excluding hydrogens is 434 g/mol. The Morgan fingerprint density at radius 3 is 2.76 bits per heavy atom. The lowest BCUT2D eigenvalue weighted by molar-refractivity contribution is -0.142. The summed E-state index contributed by atoms with van der Waals surface area (Å²) in [7, 11) is 0. The maximum absolute atomic E-state index is 12.7. The summed E-state index contributed by atoms with van der Waals surface area (Å²) in [5.74, 6) is 0.469. The Hall–Kier alpha value is -2.97. The van der Waals surface area contributed by atoms with Crippen molar-refractivity contribution in [2.45, 2.75) is 75.2 Å². The number of carbonyl (C=O) groups excluding carboxylic acids is 2. The van der Waals surface area contributed by atoms with Crippen LogP contribution in [-0.2, 0) is 9.53 Å². The molecule has 1 aromatic carbocycles. The first-order valence-electron chi connectivity index (χ1n) is 12.2. The number of fused-ring (bicyclic) bond motifs is 3. The van der Waals surface area contributed by atoms with E-state index < -0.39 is 6.10 Å². The second kappa shape index (κ2) is 10.1. The predicted molar refractivity (Wildman–Crippen MR) is 126 cm³/mol. The summed E-state index contributed by atoms with van der Waals surface area (Å²) in [4.78, 5) is 29.2. The summed E-state index contributed by atoms with van der Waals surface area (Å²) < 4.78 is 12.2. The number of amides is 2. The Labute approximate surface area is 199 Å². The SMILES string of the molecule is O=C(C[C@@H]1C[C@H]2c3cc(NC(=O)c4cccnc4)ccc3O[C@H]2[C@H](CO)O1)NC1CCCCC1. The van der Waals surface area contributed by atoms with Crippen LogP contribution in [0.15, 0.2) is 42.7 Å². The molecule has 0 radical (unpaired) electrons. The molecule has 34 heavy (non-hydrogen) atoms. The highest BCUT2D eigenvalue weighted by atomic mass is 16.6. The molecule has 5 rings (SSSR count). The van der Waals surface area contributed by atoms with Crippen LogP contribution in [0.4, 0.5) is 5.69 Å². The van der Waals surface area contributed by atoms with E-state index in [0.29, 0.717) is 17.7 Å². The van der Waals surface area contributed by atoms with Gasteiger partial charge < -0.3 is 25.2 Å². The fraction of sp³-hybridized carbons (Fsp3) is 0.500. The van der Waals surface area contributed by atoms with Crippen LogP contribution in [-0.4, -0.2) is 52.9 Å². The molecule has 3 heterocycles. The fourth-order valence-corrected chi connectivity index (χ4v) is 5.41. The number of aromatic nitrogens is 1. The highest BCUT2D eigenvalue weighted by molar-refractivity contribution is 6.04. The number of ether oxygens (including phenoxy) is 2. The molecule has 1 aliphatic carbocycles. The Balaban J connectivity index is 1.27. The molecule has 0 unspecified atom stereocenters. The zero-order valence-corrected chi connectivity index (χ0v) is 19.1. The minimum atomic E-state index is -0.507. The average molecular weight is 466 g/mol. The van der Waals surface area contributed by atoms with Gasteiger partial charge >= 0.3 is 0 Å². The minimum absolute atomic E-state index is 0.00339. The van der Waals surface area contributed by atoms with Gasteiger partial charge in [-0.15, -0.1) is 0 Å². The lowest BCUT2D eigenvalue weighted by Gasteiger charge is -2.37.